The highest BCUT2D eigenvalue weighted by Gasteiger charge is 2.20. The van der Waals surface area contributed by atoms with E-state index in [2.05, 4.69) is 27.7 Å². The smallest absolute Gasteiger partial charge is 0.339 e. The lowest BCUT2D eigenvalue weighted by atomic mass is 10.1. The Balaban J connectivity index is 2.67. The lowest BCUT2D eigenvalue weighted by Crippen LogP contribution is -2.15. The van der Waals surface area contributed by atoms with E-state index in [0.717, 1.165) is 25.7 Å². The van der Waals surface area contributed by atoms with E-state index in [-0.39, 0.29) is 11.1 Å². The molecular formula is C20H29ClO4. The third-order valence-electron chi connectivity index (χ3n) is 3.74. The summed E-state index contributed by atoms with van der Waals surface area (Å²) in [5, 5.41) is 0.380. The topological polar surface area (TPSA) is 52.6 Å². The Hall–Kier alpha value is -1.55. The van der Waals surface area contributed by atoms with Crippen LogP contribution >= 0.6 is 11.6 Å². The van der Waals surface area contributed by atoms with Crippen molar-refractivity contribution in [2.75, 3.05) is 13.2 Å². The van der Waals surface area contributed by atoms with Crippen LogP contribution in [0.4, 0.5) is 0 Å². The molecule has 0 aliphatic heterocycles. The molecule has 0 aromatic heterocycles. The van der Waals surface area contributed by atoms with Crippen molar-refractivity contribution in [3.8, 4) is 0 Å². The zero-order valence-electron chi connectivity index (χ0n) is 15.6. The van der Waals surface area contributed by atoms with Crippen LogP contribution in [-0.4, -0.2) is 25.2 Å². The monoisotopic (exact) mass is 368 g/mol. The van der Waals surface area contributed by atoms with Crippen LogP contribution in [0.1, 0.15) is 74.1 Å². The summed E-state index contributed by atoms with van der Waals surface area (Å²) in [7, 11) is 0. The van der Waals surface area contributed by atoms with Gasteiger partial charge in [-0.1, -0.05) is 39.3 Å². The first-order chi connectivity index (χ1) is 11.8. The minimum atomic E-state index is -0.541. The van der Waals surface area contributed by atoms with Gasteiger partial charge in [0, 0.05) is 5.02 Å². The number of benzene rings is 1. The SMILES string of the molecule is CC(C)CCCOC(=O)c1ccc(Cl)cc1C(=O)OCCCC(C)C. The fourth-order valence-electron chi connectivity index (χ4n) is 2.33. The van der Waals surface area contributed by atoms with Crippen molar-refractivity contribution in [1.29, 1.82) is 0 Å². The van der Waals surface area contributed by atoms with Crippen molar-refractivity contribution in [1.82, 2.24) is 0 Å². The summed E-state index contributed by atoms with van der Waals surface area (Å²) in [5.74, 6) is 0.0572. The van der Waals surface area contributed by atoms with E-state index < -0.39 is 11.9 Å². The summed E-state index contributed by atoms with van der Waals surface area (Å²) < 4.78 is 10.6. The van der Waals surface area contributed by atoms with Gasteiger partial charge in [-0.05, 0) is 55.7 Å². The lowest BCUT2D eigenvalue weighted by Gasteiger charge is -2.11. The first kappa shape index (κ1) is 21.5. The molecule has 25 heavy (non-hydrogen) atoms. The molecule has 0 saturated heterocycles. The van der Waals surface area contributed by atoms with E-state index in [1.54, 1.807) is 6.07 Å². The molecule has 1 aromatic rings. The fourth-order valence-corrected chi connectivity index (χ4v) is 2.50. The summed E-state index contributed by atoms with van der Waals surface area (Å²) in [5.41, 5.74) is 0.355. The van der Waals surface area contributed by atoms with Gasteiger partial charge in [0.05, 0.1) is 24.3 Å². The van der Waals surface area contributed by atoms with E-state index in [4.69, 9.17) is 21.1 Å². The Morgan fingerprint density at radius 3 is 1.84 bits per heavy atom. The van der Waals surface area contributed by atoms with Crippen LogP contribution in [0.25, 0.3) is 0 Å². The molecule has 0 amide bonds. The van der Waals surface area contributed by atoms with Crippen molar-refractivity contribution in [3.05, 3.63) is 34.3 Å². The maximum absolute atomic E-state index is 12.3. The van der Waals surface area contributed by atoms with Gasteiger partial charge in [-0.25, -0.2) is 9.59 Å². The van der Waals surface area contributed by atoms with Crippen molar-refractivity contribution in [3.63, 3.8) is 0 Å². The first-order valence-corrected chi connectivity index (χ1v) is 9.32. The Labute approximate surface area is 155 Å². The van der Waals surface area contributed by atoms with Gasteiger partial charge in [-0.2, -0.15) is 0 Å². The third kappa shape index (κ3) is 8.39. The average molecular weight is 369 g/mol. The summed E-state index contributed by atoms with van der Waals surface area (Å²) >= 11 is 5.97. The minimum absolute atomic E-state index is 0.158. The predicted octanol–water partition coefficient (Wildman–Crippen LogP) is 5.53. The predicted molar refractivity (Wildman–Crippen MR) is 100 cm³/mol. The van der Waals surface area contributed by atoms with Crippen LogP contribution in [-0.2, 0) is 9.47 Å². The number of hydrogen-bond acceptors (Lipinski definition) is 4. The maximum Gasteiger partial charge on any atom is 0.339 e. The minimum Gasteiger partial charge on any atom is -0.462 e. The van der Waals surface area contributed by atoms with Gasteiger partial charge in [0.2, 0.25) is 0 Å². The number of halogens is 1. The van der Waals surface area contributed by atoms with E-state index in [1.165, 1.54) is 12.1 Å². The summed E-state index contributed by atoms with van der Waals surface area (Å²) in [6.45, 7) is 9.14. The summed E-state index contributed by atoms with van der Waals surface area (Å²) in [4.78, 5) is 24.6. The molecule has 0 unspecified atom stereocenters. The molecule has 5 heteroatoms. The molecule has 0 fully saturated rings. The number of hydrogen-bond donors (Lipinski definition) is 0. The van der Waals surface area contributed by atoms with Gasteiger partial charge >= 0.3 is 11.9 Å². The highest BCUT2D eigenvalue weighted by Crippen LogP contribution is 2.19. The van der Waals surface area contributed by atoms with Crippen molar-refractivity contribution in [2.24, 2.45) is 11.8 Å². The first-order valence-electron chi connectivity index (χ1n) is 8.95. The zero-order chi connectivity index (χ0) is 18.8. The van der Waals surface area contributed by atoms with Crippen molar-refractivity contribution in [2.45, 2.75) is 53.4 Å². The van der Waals surface area contributed by atoms with Crippen LogP contribution in [0.2, 0.25) is 5.02 Å². The highest BCUT2D eigenvalue weighted by atomic mass is 35.5. The van der Waals surface area contributed by atoms with E-state index >= 15 is 0 Å². The average Bonchev–Trinajstić information content (AvgIpc) is 2.54. The van der Waals surface area contributed by atoms with Gasteiger partial charge < -0.3 is 9.47 Å². The number of esters is 2. The molecular weight excluding hydrogens is 340 g/mol. The largest absolute Gasteiger partial charge is 0.462 e. The van der Waals surface area contributed by atoms with Gasteiger partial charge in [-0.3, -0.25) is 0 Å². The molecule has 0 radical (unpaired) electrons. The Morgan fingerprint density at radius 2 is 1.36 bits per heavy atom. The normalized spacial score (nSPS) is 11.0. The van der Waals surface area contributed by atoms with Gasteiger partial charge in [0.15, 0.2) is 0 Å². The molecule has 140 valence electrons. The summed E-state index contributed by atoms with van der Waals surface area (Å²) in [6, 6.07) is 4.54. The number of rotatable bonds is 10. The van der Waals surface area contributed by atoms with E-state index in [9.17, 15) is 9.59 Å². The zero-order valence-corrected chi connectivity index (χ0v) is 16.4. The second kappa shape index (κ2) is 11.1. The van der Waals surface area contributed by atoms with Crippen LogP contribution in [0.5, 0.6) is 0 Å². The Bertz CT molecular complexity index is 567. The van der Waals surface area contributed by atoms with Gasteiger partial charge in [-0.15, -0.1) is 0 Å². The number of carbonyl (C=O) groups is 2. The second-order valence-corrected chi connectivity index (χ2v) is 7.47. The van der Waals surface area contributed by atoms with Gasteiger partial charge in [0.25, 0.3) is 0 Å². The van der Waals surface area contributed by atoms with Crippen molar-refractivity contribution < 1.29 is 19.1 Å². The quantitative estimate of drug-likeness (QED) is 0.402. The maximum atomic E-state index is 12.3. The molecule has 0 bridgehead atoms. The van der Waals surface area contributed by atoms with Crippen molar-refractivity contribution >= 4 is 23.5 Å². The Kier molecular flexibility index (Phi) is 9.58. The standard InChI is InChI=1S/C20H29ClO4/c1-14(2)7-5-11-24-19(22)17-10-9-16(21)13-18(17)20(23)25-12-6-8-15(3)4/h9-10,13-15H,5-8,11-12H2,1-4H3. The molecule has 0 aliphatic carbocycles. The molecule has 0 aliphatic rings. The molecule has 4 nitrogen and oxygen atoms in total. The molecule has 0 saturated carbocycles. The van der Waals surface area contributed by atoms with Crippen LogP contribution in [0.15, 0.2) is 18.2 Å². The molecule has 1 rings (SSSR count). The lowest BCUT2D eigenvalue weighted by molar-refractivity contribution is 0.0447. The second-order valence-electron chi connectivity index (χ2n) is 7.03. The molecule has 0 spiro atoms. The number of carbonyl (C=O) groups excluding carboxylic acids is 2. The van der Waals surface area contributed by atoms with Gasteiger partial charge in [0.1, 0.15) is 0 Å². The third-order valence-corrected chi connectivity index (χ3v) is 3.97. The van der Waals surface area contributed by atoms with Crippen LogP contribution in [0, 0.1) is 11.8 Å². The van der Waals surface area contributed by atoms with Crippen LogP contribution in [0.3, 0.4) is 0 Å². The molecule has 0 atom stereocenters. The fraction of sp³-hybridized carbons (Fsp3) is 0.600. The van der Waals surface area contributed by atoms with Crippen LogP contribution < -0.4 is 0 Å². The molecule has 0 N–H and O–H groups in total. The molecule has 1 aromatic carbocycles. The highest BCUT2D eigenvalue weighted by molar-refractivity contribution is 6.31. The summed E-state index contributed by atoms with van der Waals surface area (Å²) in [6.07, 6.45) is 3.55. The van der Waals surface area contributed by atoms with E-state index in [0.29, 0.717) is 30.1 Å². The number of ether oxygens (including phenoxy) is 2. The molecule has 0 heterocycles. The van der Waals surface area contributed by atoms with E-state index in [1.807, 2.05) is 0 Å². The Morgan fingerprint density at radius 1 is 0.880 bits per heavy atom.